The number of piperidine rings is 2. The van der Waals surface area contributed by atoms with E-state index < -0.39 is 11.7 Å². The van der Waals surface area contributed by atoms with E-state index in [1.807, 2.05) is 0 Å². The Morgan fingerprint density at radius 2 is 1.57 bits per heavy atom. The Bertz CT molecular complexity index is 501. The summed E-state index contributed by atoms with van der Waals surface area (Å²) >= 11 is 0. The van der Waals surface area contributed by atoms with E-state index in [2.05, 4.69) is 9.80 Å². The van der Waals surface area contributed by atoms with Crippen molar-refractivity contribution in [1.82, 2.24) is 9.80 Å². The Balaban J connectivity index is 1.57. The van der Waals surface area contributed by atoms with Gasteiger partial charge in [0.2, 0.25) is 0 Å². The zero-order chi connectivity index (χ0) is 16.3. The van der Waals surface area contributed by atoms with Gasteiger partial charge < -0.3 is 4.90 Å². The number of nitrogens with zero attached hydrogens (tertiary/aromatic N) is 2. The summed E-state index contributed by atoms with van der Waals surface area (Å²) in [5, 5.41) is 0. The van der Waals surface area contributed by atoms with Gasteiger partial charge in [0.25, 0.3) is 0 Å². The second kappa shape index (κ2) is 7.22. The maximum atomic E-state index is 13.1. The lowest BCUT2D eigenvalue weighted by molar-refractivity contribution is -0.138. The summed E-state index contributed by atoms with van der Waals surface area (Å²) in [6.07, 6.45) is 1.81. The van der Waals surface area contributed by atoms with Gasteiger partial charge >= 0.3 is 6.18 Å². The Kier molecular flexibility index (Phi) is 5.27. The molecule has 2 fully saturated rings. The van der Waals surface area contributed by atoms with Crippen LogP contribution in [0.4, 0.5) is 13.2 Å². The van der Waals surface area contributed by atoms with Gasteiger partial charge in [0, 0.05) is 12.6 Å². The van der Waals surface area contributed by atoms with Crippen molar-refractivity contribution in [2.24, 2.45) is 0 Å². The maximum absolute atomic E-state index is 13.1. The van der Waals surface area contributed by atoms with Crippen molar-refractivity contribution in [3.05, 3.63) is 35.4 Å². The summed E-state index contributed by atoms with van der Waals surface area (Å²) in [4.78, 5) is 4.76. The zero-order valence-electron chi connectivity index (χ0n) is 13.5. The van der Waals surface area contributed by atoms with E-state index in [0.29, 0.717) is 18.2 Å². The second-order valence-electron chi connectivity index (χ2n) is 6.76. The van der Waals surface area contributed by atoms with Crippen LogP contribution in [-0.2, 0) is 12.7 Å². The fraction of sp³-hybridized carbons (Fsp3) is 0.667. The molecule has 1 aromatic carbocycles. The molecular formula is C18H25F3N2. The van der Waals surface area contributed by atoms with Crippen molar-refractivity contribution >= 4 is 0 Å². The highest BCUT2D eigenvalue weighted by Gasteiger charge is 2.33. The highest BCUT2D eigenvalue weighted by Crippen LogP contribution is 2.33. The minimum Gasteiger partial charge on any atom is -0.300 e. The molecule has 2 aliphatic rings. The molecule has 0 spiro atoms. The van der Waals surface area contributed by atoms with Crippen LogP contribution in [0.25, 0.3) is 0 Å². The molecule has 0 atom stereocenters. The number of halogens is 3. The lowest BCUT2D eigenvalue weighted by Crippen LogP contribution is -2.46. The van der Waals surface area contributed by atoms with Gasteiger partial charge in [-0.25, -0.2) is 0 Å². The van der Waals surface area contributed by atoms with Crippen LogP contribution >= 0.6 is 0 Å². The first-order chi connectivity index (χ1) is 11.0. The standard InChI is InChI=1S/C18H25F3N2/c19-18(20,21)17-7-3-2-6-15(17)14-22-12-8-16(9-13-22)23-10-4-1-5-11-23/h2-3,6-7,16H,1,4-5,8-14H2. The summed E-state index contributed by atoms with van der Waals surface area (Å²) in [5.41, 5.74) is -0.0884. The smallest absolute Gasteiger partial charge is 0.300 e. The first kappa shape index (κ1) is 16.8. The highest BCUT2D eigenvalue weighted by atomic mass is 19.4. The van der Waals surface area contributed by atoms with Crippen molar-refractivity contribution in [3.63, 3.8) is 0 Å². The van der Waals surface area contributed by atoms with Crippen LogP contribution in [0.3, 0.4) is 0 Å². The van der Waals surface area contributed by atoms with Crippen molar-refractivity contribution in [2.75, 3.05) is 26.2 Å². The average Bonchev–Trinajstić information content (AvgIpc) is 2.56. The molecule has 0 aromatic heterocycles. The van der Waals surface area contributed by atoms with Crippen LogP contribution in [-0.4, -0.2) is 42.0 Å². The van der Waals surface area contributed by atoms with E-state index in [9.17, 15) is 13.2 Å². The summed E-state index contributed by atoms with van der Waals surface area (Å²) < 4.78 is 39.2. The molecule has 3 rings (SSSR count). The van der Waals surface area contributed by atoms with Crippen LogP contribution in [0.5, 0.6) is 0 Å². The molecule has 0 bridgehead atoms. The van der Waals surface area contributed by atoms with Gasteiger partial charge in [-0.3, -0.25) is 4.90 Å². The third-order valence-corrected chi connectivity index (χ3v) is 5.18. The summed E-state index contributed by atoms with van der Waals surface area (Å²) in [6.45, 7) is 4.59. The fourth-order valence-corrected chi connectivity index (χ4v) is 3.90. The van der Waals surface area contributed by atoms with Gasteiger partial charge in [0.1, 0.15) is 0 Å². The van der Waals surface area contributed by atoms with Gasteiger partial charge in [0.15, 0.2) is 0 Å². The molecule has 0 amide bonds. The predicted octanol–water partition coefficient (Wildman–Crippen LogP) is 4.16. The van der Waals surface area contributed by atoms with Gasteiger partial charge in [-0.1, -0.05) is 24.6 Å². The van der Waals surface area contributed by atoms with Crippen molar-refractivity contribution in [2.45, 2.75) is 50.9 Å². The molecule has 0 unspecified atom stereocenters. The molecule has 2 heterocycles. The molecule has 2 aliphatic heterocycles. The minimum atomic E-state index is -4.26. The number of alkyl halides is 3. The Morgan fingerprint density at radius 1 is 0.913 bits per heavy atom. The quantitative estimate of drug-likeness (QED) is 0.823. The number of likely N-dealkylation sites (tertiary alicyclic amines) is 2. The molecule has 0 N–H and O–H groups in total. The van der Waals surface area contributed by atoms with Crippen molar-refractivity contribution in [1.29, 1.82) is 0 Å². The first-order valence-corrected chi connectivity index (χ1v) is 8.65. The lowest BCUT2D eigenvalue weighted by Gasteiger charge is -2.40. The molecular weight excluding hydrogens is 301 g/mol. The largest absolute Gasteiger partial charge is 0.416 e. The topological polar surface area (TPSA) is 6.48 Å². The Hall–Kier alpha value is -1.07. The van der Waals surface area contributed by atoms with Gasteiger partial charge in [-0.15, -0.1) is 0 Å². The maximum Gasteiger partial charge on any atom is 0.416 e. The van der Waals surface area contributed by atoms with E-state index in [0.717, 1.165) is 25.9 Å². The van der Waals surface area contributed by atoms with Gasteiger partial charge in [-0.05, 0) is 63.5 Å². The van der Waals surface area contributed by atoms with E-state index >= 15 is 0 Å². The van der Waals surface area contributed by atoms with E-state index in [1.165, 1.54) is 44.5 Å². The van der Waals surface area contributed by atoms with Gasteiger partial charge in [0.05, 0.1) is 5.56 Å². The third-order valence-electron chi connectivity index (χ3n) is 5.18. The number of hydrogen-bond acceptors (Lipinski definition) is 2. The molecule has 1 aromatic rings. The van der Waals surface area contributed by atoms with Crippen molar-refractivity contribution < 1.29 is 13.2 Å². The highest BCUT2D eigenvalue weighted by molar-refractivity contribution is 5.29. The van der Waals surface area contributed by atoms with Crippen LogP contribution in [0.2, 0.25) is 0 Å². The Labute approximate surface area is 136 Å². The van der Waals surface area contributed by atoms with Crippen LogP contribution in [0.15, 0.2) is 24.3 Å². The molecule has 0 radical (unpaired) electrons. The minimum absolute atomic E-state index is 0.399. The molecule has 2 saturated heterocycles. The number of benzene rings is 1. The SMILES string of the molecule is FC(F)(F)c1ccccc1CN1CCC(N2CCCCC2)CC1. The normalized spacial score (nSPS) is 22.4. The number of rotatable bonds is 3. The molecule has 0 saturated carbocycles. The number of hydrogen-bond donors (Lipinski definition) is 0. The lowest BCUT2D eigenvalue weighted by atomic mass is 9.99. The zero-order valence-corrected chi connectivity index (χ0v) is 13.5. The summed E-state index contributed by atoms with van der Waals surface area (Å²) in [7, 11) is 0. The molecule has 5 heteroatoms. The van der Waals surface area contributed by atoms with Crippen molar-refractivity contribution in [3.8, 4) is 0 Å². The van der Waals surface area contributed by atoms with E-state index in [1.54, 1.807) is 12.1 Å². The Morgan fingerprint density at radius 3 is 2.22 bits per heavy atom. The monoisotopic (exact) mass is 326 g/mol. The first-order valence-electron chi connectivity index (χ1n) is 8.65. The average molecular weight is 326 g/mol. The van der Waals surface area contributed by atoms with Gasteiger partial charge in [-0.2, -0.15) is 13.2 Å². The second-order valence-corrected chi connectivity index (χ2v) is 6.76. The van der Waals surface area contributed by atoms with E-state index in [4.69, 9.17) is 0 Å². The van der Waals surface area contributed by atoms with E-state index in [-0.39, 0.29) is 0 Å². The predicted molar refractivity (Wildman–Crippen MR) is 85.2 cm³/mol. The van der Waals surface area contributed by atoms with Crippen LogP contribution < -0.4 is 0 Å². The van der Waals surface area contributed by atoms with Crippen LogP contribution in [0, 0.1) is 0 Å². The molecule has 128 valence electrons. The fourth-order valence-electron chi connectivity index (χ4n) is 3.90. The summed E-state index contributed by atoms with van der Waals surface area (Å²) in [6, 6.07) is 6.60. The molecule has 0 aliphatic carbocycles. The molecule has 2 nitrogen and oxygen atoms in total. The third kappa shape index (κ3) is 4.27. The summed E-state index contributed by atoms with van der Waals surface area (Å²) in [5.74, 6) is 0. The molecule has 23 heavy (non-hydrogen) atoms. The van der Waals surface area contributed by atoms with Crippen LogP contribution in [0.1, 0.15) is 43.2 Å².